The van der Waals surface area contributed by atoms with E-state index in [0.717, 1.165) is 64.2 Å². The Morgan fingerprint density at radius 3 is 2.55 bits per heavy atom. The predicted molar refractivity (Wildman–Crippen MR) is 277 cm³/mol. The molecule has 1 aromatic carbocycles. The van der Waals surface area contributed by atoms with Gasteiger partial charge in [0.25, 0.3) is 11.8 Å². The van der Waals surface area contributed by atoms with E-state index >= 15 is 0 Å². The molecular weight excluding hydrogens is 917 g/mol. The smallest absolute Gasteiger partial charge is 0.324 e. The van der Waals surface area contributed by atoms with Crippen molar-refractivity contribution in [3.05, 3.63) is 58.2 Å². The fraction of sp³-hybridized carbons (Fsp3) is 0.593. The van der Waals surface area contributed by atoms with Gasteiger partial charge in [-0.3, -0.25) is 43.9 Å². The van der Waals surface area contributed by atoms with Crippen LogP contribution in [0.4, 0.5) is 0 Å². The maximum absolute atomic E-state index is 14.7. The molecule has 7 heterocycles. The Balaban J connectivity index is 1.06. The minimum Gasteiger partial charge on any atom is -0.464 e. The monoisotopic (exact) mass is 991 g/mol. The number of carbonyl (C=O) groups is 4. The summed E-state index contributed by atoms with van der Waals surface area (Å²) in [6.07, 6.45) is 4.55. The number of cyclic esters (lactones) is 1. The van der Waals surface area contributed by atoms with E-state index < -0.39 is 29.5 Å². The van der Waals surface area contributed by atoms with Gasteiger partial charge in [0, 0.05) is 98.9 Å². The largest absolute Gasteiger partial charge is 0.464 e. The quantitative estimate of drug-likeness (QED) is 0.131. The zero-order valence-electron chi connectivity index (χ0n) is 43.6. The fourth-order valence-electron chi connectivity index (χ4n) is 10.6. The van der Waals surface area contributed by atoms with Crippen LogP contribution in [0.1, 0.15) is 97.0 Å². The Morgan fingerprint density at radius 1 is 1.10 bits per heavy atom. The number of hydrogen-bond donors (Lipinski definition) is 2. The third-order valence-corrected chi connectivity index (χ3v) is 15.8. The molecule has 71 heavy (non-hydrogen) atoms. The number of benzene rings is 1. The van der Waals surface area contributed by atoms with Crippen LogP contribution in [0, 0.1) is 23.2 Å². The zero-order valence-corrected chi connectivity index (χ0v) is 44.4. The highest BCUT2D eigenvalue weighted by atomic mass is 32.1. The normalized spacial score (nSPS) is 21.2. The van der Waals surface area contributed by atoms with Gasteiger partial charge in [0.2, 0.25) is 5.91 Å². The van der Waals surface area contributed by atoms with Crippen molar-refractivity contribution in [2.75, 3.05) is 67.2 Å². The average molecular weight is 991 g/mol. The summed E-state index contributed by atoms with van der Waals surface area (Å²) in [6, 6.07) is 8.25. The Hall–Kier alpha value is -5.22. The molecule has 17 heteroatoms. The first-order valence-corrected chi connectivity index (χ1v) is 26.3. The fourth-order valence-corrected chi connectivity index (χ4v) is 11.4. The Morgan fingerprint density at radius 2 is 1.86 bits per heavy atom. The number of amides is 3. The topological polar surface area (TPSA) is 158 Å². The summed E-state index contributed by atoms with van der Waals surface area (Å²) < 4.78 is 14.3. The maximum Gasteiger partial charge on any atom is 0.324 e. The van der Waals surface area contributed by atoms with Crippen molar-refractivity contribution in [2.45, 2.75) is 130 Å². The second-order valence-corrected chi connectivity index (χ2v) is 22.6. The minimum absolute atomic E-state index is 0.0187. The van der Waals surface area contributed by atoms with Gasteiger partial charge in [-0.05, 0) is 102 Å². The second kappa shape index (κ2) is 21.5. The molecule has 3 amide bonds. The number of hydrogen-bond acceptors (Lipinski definition) is 13. The van der Waals surface area contributed by atoms with Gasteiger partial charge in [0.15, 0.2) is 0 Å². The third kappa shape index (κ3) is 11.2. The van der Waals surface area contributed by atoms with Gasteiger partial charge in [-0.2, -0.15) is 0 Å². The number of aryl methyl sites for hydroxylation is 1. The molecule has 382 valence electrons. The van der Waals surface area contributed by atoms with E-state index in [9.17, 15) is 19.2 Å². The van der Waals surface area contributed by atoms with Crippen LogP contribution in [0.5, 0.6) is 0 Å². The van der Waals surface area contributed by atoms with Crippen LogP contribution in [-0.4, -0.2) is 160 Å². The summed E-state index contributed by atoms with van der Waals surface area (Å²) >= 11 is 1.46. The molecule has 0 radical (unpaired) electrons. The van der Waals surface area contributed by atoms with Gasteiger partial charge in [0.1, 0.15) is 12.1 Å². The molecule has 0 aliphatic carbocycles. The average Bonchev–Trinajstić information content (AvgIpc) is 3.90. The number of ether oxygens (including phenoxy) is 2. The van der Waals surface area contributed by atoms with Crippen molar-refractivity contribution < 1.29 is 28.7 Å². The number of likely N-dealkylation sites (N-methyl/N-ethyl adjacent to an activating group) is 2. The number of nitrogens with one attached hydrogen (secondary N) is 2. The molecule has 4 aliphatic heterocycles. The molecule has 4 aromatic rings. The van der Waals surface area contributed by atoms with Gasteiger partial charge < -0.3 is 24.3 Å². The lowest BCUT2D eigenvalue weighted by Gasteiger charge is -2.46. The van der Waals surface area contributed by atoms with Crippen molar-refractivity contribution in [3.8, 4) is 34.4 Å². The number of pyridine rings is 1. The lowest BCUT2D eigenvalue weighted by Crippen LogP contribution is -2.64. The molecule has 16 nitrogen and oxygen atoms in total. The molecular formula is C54H74N10O6S. The van der Waals surface area contributed by atoms with Crippen LogP contribution in [0.25, 0.3) is 33.4 Å². The van der Waals surface area contributed by atoms with E-state index in [1.165, 1.54) is 16.3 Å². The van der Waals surface area contributed by atoms with E-state index in [-0.39, 0.29) is 54.4 Å². The van der Waals surface area contributed by atoms with E-state index in [0.29, 0.717) is 57.1 Å². The molecule has 0 spiro atoms. The van der Waals surface area contributed by atoms with Gasteiger partial charge in [-0.15, -0.1) is 11.3 Å². The van der Waals surface area contributed by atoms with Crippen LogP contribution in [0.3, 0.4) is 0 Å². The summed E-state index contributed by atoms with van der Waals surface area (Å²) in [6.45, 7) is 21.6. The molecule has 3 saturated heterocycles. The standard InChI is InChI=1S/C54H74N10O6S/c1-12-63-44-19-18-36-26-39(44)40(49(63)38-16-13-22-55-47(38)35(4)69-11)28-53(5,6)32-70-52(68)41-17-14-25-64(58-41)51(67)42(27-45-56-43(36)31-71-45)57-50(66)48(34(2)3)59(9)33-61-29-37(30-61)60(10)46(65)20-21-54(7,8)62-23-15-24-62/h13,16,18-19,22,26,31,34-35,37,41-42,48,58H,12,14-15,17,23-25,27-30,32-33H2,1-11H3,(H,57,66)/t35-,41-,42-,48?/m0/s1. The molecule has 0 saturated carbocycles. The lowest BCUT2D eigenvalue weighted by atomic mass is 9.84. The third-order valence-electron chi connectivity index (χ3n) is 14.9. The number of likely N-dealkylation sites (tertiary alicyclic amines) is 2. The zero-order chi connectivity index (χ0) is 50.9. The van der Waals surface area contributed by atoms with E-state index in [1.54, 1.807) is 18.2 Å². The van der Waals surface area contributed by atoms with Crippen LogP contribution >= 0.6 is 11.3 Å². The van der Waals surface area contributed by atoms with Crippen LogP contribution in [0.2, 0.25) is 0 Å². The summed E-state index contributed by atoms with van der Waals surface area (Å²) in [5.74, 6) is 4.76. The minimum atomic E-state index is -0.977. The van der Waals surface area contributed by atoms with Crippen molar-refractivity contribution in [2.24, 2.45) is 11.3 Å². The number of nitrogens with zero attached hydrogens (tertiary/aromatic N) is 8. The van der Waals surface area contributed by atoms with Gasteiger partial charge in [-0.25, -0.2) is 10.4 Å². The van der Waals surface area contributed by atoms with Crippen molar-refractivity contribution in [1.82, 2.24) is 49.9 Å². The van der Waals surface area contributed by atoms with E-state index in [2.05, 4.69) is 95.8 Å². The highest BCUT2D eigenvalue weighted by Gasteiger charge is 2.40. The Labute approximate surface area is 423 Å². The number of thiazole rings is 1. The van der Waals surface area contributed by atoms with Crippen molar-refractivity contribution in [1.29, 1.82) is 0 Å². The molecule has 3 aromatic heterocycles. The molecule has 1 unspecified atom stereocenters. The van der Waals surface area contributed by atoms with E-state index in [1.807, 2.05) is 51.2 Å². The second-order valence-electron chi connectivity index (χ2n) is 21.6. The molecule has 3 fully saturated rings. The first kappa shape index (κ1) is 52.1. The Bertz CT molecular complexity index is 2670. The number of methoxy groups -OCH3 is 1. The summed E-state index contributed by atoms with van der Waals surface area (Å²) in [5, 5.41) is 8.44. The maximum atomic E-state index is 14.7. The molecule has 8 rings (SSSR count). The van der Waals surface area contributed by atoms with Crippen LogP contribution in [-0.2, 0) is 48.0 Å². The van der Waals surface area contributed by atoms with E-state index in [4.69, 9.17) is 19.4 Å². The number of esters is 1. The van der Waals surface area contributed by atoms with Gasteiger partial charge >= 0.3 is 5.97 Å². The predicted octanol–water partition coefficient (Wildman–Crippen LogP) is 5.75. The summed E-state index contributed by atoms with van der Waals surface area (Å²) in [7, 11) is 5.43. The molecule has 6 bridgehead atoms. The number of fused-ring (bicyclic) bond motifs is 6. The molecule has 4 atom stereocenters. The van der Waals surface area contributed by atoms with Gasteiger partial charge in [0.05, 0.1) is 59.1 Å². The number of rotatable bonds is 12. The highest BCUT2D eigenvalue weighted by Crippen LogP contribution is 2.42. The van der Waals surface area contributed by atoms with Crippen molar-refractivity contribution in [3.63, 3.8) is 0 Å². The van der Waals surface area contributed by atoms with Crippen LogP contribution in [0.15, 0.2) is 41.9 Å². The van der Waals surface area contributed by atoms with Crippen molar-refractivity contribution >= 4 is 45.9 Å². The van der Waals surface area contributed by atoms with Gasteiger partial charge in [-0.1, -0.05) is 39.7 Å². The number of hydrazine groups is 1. The summed E-state index contributed by atoms with van der Waals surface area (Å²) in [5.41, 5.74) is 9.17. The first-order valence-electron chi connectivity index (χ1n) is 25.4. The SMILES string of the molecule is CCn1c(-c2cccnc2[C@H](C)OC)c2c3cc(ccc31)-c1csc(n1)C[C@H](NC(=O)C(C(C)C)N(C)CN1CC(N(C)C(=O)C#CC(C)(C)N3CCC3)C1)C(=O)N1CCC[C@H](N1)C(=O)OCC(C)(C)C2. The Kier molecular flexibility index (Phi) is 15.8. The lowest BCUT2D eigenvalue weighted by molar-refractivity contribution is -0.155. The molecule has 4 aliphatic rings. The first-order chi connectivity index (χ1) is 33.8. The van der Waals surface area contributed by atoms with Crippen LogP contribution < -0.4 is 10.7 Å². The summed E-state index contributed by atoms with van der Waals surface area (Å²) in [4.78, 5) is 74.6. The number of carbonyl (C=O) groups excluding carboxylic acids is 4. The molecule has 2 N–H and O–H groups in total. The number of aromatic nitrogens is 3. The highest BCUT2D eigenvalue weighted by molar-refractivity contribution is 7.10.